The Hall–Kier alpha value is -1.95. The largest absolute Gasteiger partial charge is 0.364 e. The summed E-state index contributed by atoms with van der Waals surface area (Å²) in [6.07, 6.45) is 0. The van der Waals surface area contributed by atoms with Crippen molar-refractivity contribution in [2.75, 3.05) is 17.7 Å². The highest BCUT2D eigenvalue weighted by atomic mass is 35.5. The molecule has 1 rings (SSSR count). The summed E-state index contributed by atoms with van der Waals surface area (Å²) in [4.78, 5) is 22.6. The normalized spacial score (nSPS) is 11.4. The Labute approximate surface area is 129 Å². The molecule has 0 bridgehead atoms. The first-order valence-electron chi connectivity index (χ1n) is 6.50. The lowest BCUT2D eigenvalue weighted by atomic mass is 9.87. The quantitative estimate of drug-likeness (QED) is 0.655. The second-order valence-corrected chi connectivity index (χ2v) is 5.76. The number of nitrogens with zero attached hydrogens (tertiary/aromatic N) is 2. The van der Waals surface area contributed by atoms with Crippen molar-refractivity contribution in [3.8, 4) is 0 Å². The number of rotatable bonds is 3. The third kappa shape index (κ3) is 6.35. The lowest BCUT2D eigenvalue weighted by Gasteiger charge is -2.19. The number of hydrogen-bond donors (Lipinski definition) is 2. The van der Waals surface area contributed by atoms with Crippen LogP contribution in [0.4, 0.5) is 15.3 Å². The molecule has 0 aliphatic carbocycles. The van der Waals surface area contributed by atoms with Gasteiger partial charge >= 0.3 is 12.1 Å². The van der Waals surface area contributed by atoms with Crippen molar-refractivity contribution in [2.45, 2.75) is 26.2 Å². The molecule has 1 aromatic rings. The number of hydrogen-bond acceptors (Lipinski definition) is 2. The zero-order chi connectivity index (χ0) is 15.9. The molecule has 0 unspecified atom stereocenters. The van der Waals surface area contributed by atoms with Crippen molar-refractivity contribution in [3.63, 3.8) is 0 Å². The molecule has 4 amide bonds. The van der Waals surface area contributed by atoms with Crippen LogP contribution in [-0.2, 0) is 5.41 Å². The highest BCUT2D eigenvalue weighted by Crippen LogP contribution is 2.23. The van der Waals surface area contributed by atoms with Gasteiger partial charge in [-0.2, -0.15) is 0 Å². The van der Waals surface area contributed by atoms with Crippen molar-refractivity contribution >= 4 is 29.4 Å². The number of amides is 4. The summed E-state index contributed by atoms with van der Waals surface area (Å²) in [5.41, 5.74) is 1.79. The second-order valence-electron chi connectivity index (χ2n) is 5.38. The third-order valence-corrected chi connectivity index (χ3v) is 2.79. The average Bonchev–Trinajstić information content (AvgIpc) is 2.42. The Kier molecular flexibility index (Phi) is 6.30. The van der Waals surface area contributed by atoms with E-state index >= 15 is 0 Å². The van der Waals surface area contributed by atoms with E-state index in [4.69, 9.17) is 11.6 Å². The lowest BCUT2D eigenvalue weighted by Crippen LogP contribution is -2.21. The lowest BCUT2D eigenvalue weighted by molar-refractivity contribution is 0.245. The van der Waals surface area contributed by atoms with E-state index in [9.17, 15) is 9.59 Å². The Morgan fingerprint density at radius 2 is 1.67 bits per heavy atom. The molecule has 0 heterocycles. The van der Waals surface area contributed by atoms with Gasteiger partial charge in [-0.3, -0.25) is 0 Å². The number of alkyl halides is 1. The molecule has 0 aliphatic heterocycles. The molecule has 0 atom stereocenters. The van der Waals surface area contributed by atoms with Gasteiger partial charge in [0.2, 0.25) is 0 Å². The molecule has 0 radical (unpaired) electrons. The number of nitrogens with one attached hydrogen (secondary N) is 2. The van der Waals surface area contributed by atoms with Crippen molar-refractivity contribution in [1.29, 1.82) is 0 Å². The number of carbonyl (C=O) groups is 2. The van der Waals surface area contributed by atoms with Crippen LogP contribution in [0.1, 0.15) is 26.3 Å². The molecule has 2 N–H and O–H groups in total. The Morgan fingerprint density at radius 3 is 2.19 bits per heavy atom. The summed E-state index contributed by atoms with van der Waals surface area (Å²) in [5.74, 6) is 0.271. The van der Waals surface area contributed by atoms with Gasteiger partial charge in [0.15, 0.2) is 0 Å². The molecule has 0 saturated carbocycles. The number of halogens is 1. The molecule has 1 aromatic carbocycles. The zero-order valence-corrected chi connectivity index (χ0v) is 13.1. The topological polar surface area (TPSA) is 82.9 Å². The van der Waals surface area contributed by atoms with Gasteiger partial charge in [-0.25, -0.2) is 9.59 Å². The minimum atomic E-state index is -0.709. The monoisotopic (exact) mass is 310 g/mol. The van der Waals surface area contributed by atoms with E-state index in [0.29, 0.717) is 5.69 Å². The summed E-state index contributed by atoms with van der Waals surface area (Å²) < 4.78 is 0. The van der Waals surface area contributed by atoms with Crippen LogP contribution in [0.5, 0.6) is 0 Å². The van der Waals surface area contributed by atoms with E-state index in [0.717, 1.165) is 5.56 Å². The van der Waals surface area contributed by atoms with Gasteiger partial charge in [-0.05, 0) is 23.1 Å². The zero-order valence-electron chi connectivity index (χ0n) is 12.3. The van der Waals surface area contributed by atoms with Gasteiger partial charge < -0.3 is 10.6 Å². The van der Waals surface area contributed by atoms with E-state index in [1.165, 1.54) is 0 Å². The number of urea groups is 2. The Morgan fingerprint density at radius 1 is 1.10 bits per heavy atom. The maximum atomic E-state index is 11.5. The summed E-state index contributed by atoms with van der Waals surface area (Å²) in [7, 11) is 0. The first-order chi connectivity index (χ1) is 9.82. The van der Waals surface area contributed by atoms with Crippen LogP contribution >= 0.6 is 11.6 Å². The van der Waals surface area contributed by atoms with Crippen molar-refractivity contribution in [3.05, 3.63) is 29.8 Å². The van der Waals surface area contributed by atoms with Gasteiger partial charge in [-0.15, -0.1) is 11.6 Å². The fourth-order valence-electron chi connectivity index (χ4n) is 1.48. The van der Waals surface area contributed by atoms with Crippen molar-refractivity contribution in [2.24, 2.45) is 10.2 Å². The maximum absolute atomic E-state index is 11.5. The molecule has 7 heteroatoms. The SMILES string of the molecule is CC(C)(C)c1ccc(NC(=O)/N=N/C(=O)NCCCl)cc1. The third-order valence-electron chi connectivity index (χ3n) is 2.60. The Balaban J connectivity index is 2.55. The van der Waals surface area contributed by atoms with Gasteiger partial charge in [0.05, 0.1) is 0 Å². The van der Waals surface area contributed by atoms with Gasteiger partial charge in [-0.1, -0.05) is 43.1 Å². The molecule has 6 nitrogen and oxygen atoms in total. The van der Waals surface area contributed by atoms with E-state index in [-0.39, 0.29) is 17.8 Å². The minimum Gasteiger partial charge on any atom is -0.334 e. The van der Waals surface area contributed by atoms with Crippen molar-refractivity contribution < 1.29 is 9.59 Å². The minimum absolute atomic E-state index is 0.0444. The number of benzene rings is 1. The van der Waals surface area contributed by atoms with Gasteiger partial charge in [0.1, 0.15) is 0 Å². The second kappa shape index (κ2) is 7.73. The van der Waals surface area contributed by atoms with Crippen molar-refractivity contribution in [1.82, 2.24) is 5.32 Å². The maximum Gasteiger partial charge on any atom is 0.364 e. The standard InChI is InChI=1S/C14H19ClN4O2/c1-14(2,3)10-4-6-11(7-5-10)17-13(21)19-18-12(20)16-9-8-15/h4-7H,8-9H2,1-3H3,(H,16,20)(H,17,21)/b19-18+. The summed E-state index contributed by atoms with van der Waals surface area (Å²) in [6, 6.07) is 6.01. The van der Waals surface area contributed by atoms with E-state index in [1.54, 1.807) is 12.1 Å². The molecule has 114 valence electrons. The summed E-state index contributed by atoms with van der Waals surface area (Å²) >= 11 is 5.39. The van der Waals surface area contributed by atoms with Crippen LogP contribution in [0.3, 0.4) is 0 Å². The highest BCUT2D eigenvalue weighted by molar-refractivity contribution is 6.18. The molecule has 0 spiro atoms. The first kappa shape index (κ1) is 17.1. The van der Waals surface area contributed by atoms with Crippen LogP contribution < -0.4 is 10.6 Å². The van der Waals surface area contributed by atoms with Gasteiger partial charge in [0, 0.05) is 18.1 Å². The molecule has 0 fully saturated rings. The van der Waals surface area contributed by atoms with E-state index in [1.807, 2.05) is 12.1 Å². The van der Waals surface area contributed by atoms with E-state index < -0.39 is 12.1 Å². The molecular formula is C14H19ClN4O2. The van der Waals surface area contributed by atoms with Crippen LogP contribution in [0.25, 0.3) is 0 Å². The number of azo groups is 1. The molecule has 21 heavy (non-hydrogen) atoms. The molecule has 0 aliphatic rings. The fourth-order valence-corrected chi connectivity index (χ4v) is 1.58. The predicted molar refractivity (Wildman–Crippen MR) is 83.1 cm³/mol. The summed E-state index contributed by atoms with van der Waals surface area (Å²) in [5, 5.41) is 11.4. The molecular weight excluding hydrogens is 292 g/mol. The van der Waals surface area contributed by atoms with Crippen LogP contribution in [-0.4, -0.2) is 24.5 Å². The van der Waals surface area contributed by atoms with E-state index in [2.05, 4.69) is 41.6 Å². The smallest absolute Gasteiger partial charge is 0.334 e. The highest BCUT2D eigenvalue weighted by Gasteiger charge is 2.13. The molecule has 0 aromatic heterocycles. The predicted octanol–water partition coefficient (Wildman–Crippen LogP) is 3.92. The fraction of sp³-hybridized carbons (Fsp3) is 0.429. The van der Waals surface area contributed by atoms with Gasteiger partial charge in [0.25, 0.3) is 0 Å². The Bertz CT molecular complexity index is 521. The average molecular weight is 311 g/mol. The summed E-state index contributed by atoms with van der Waals surface area (Å²) in [6.45, 7) is 6.59. The van der Waals surface area contributed by atoms with Crippen LogP contribution in [0.2, 0.25) is 0 Å². The number of carbonyl (C=O) groups excluding carboxylic acids is 2. The molecule has 0 saturated heterocycles. The van der Waals surface area contributed by atoms with Crippen LogP contribution in [0, 0.1) is 0 Å². The first-order valence-corrected chi connectivity index (χ1v) is 7.03. The van der Waals surface area contributed by atoms with Crippen LogP contribution in [0.15, 0.2) is 34.5 Å². The number of anilines is 1.